The highest BCUT2D eigenvalue weighted by Crippen LogP contribution is 2.31. The van der Waals surface area contributed by atoms with Gasteiger partial charge in [-0.2, -0.15) is 0 Å². The van der Waals surface area contributed by atoms with Crippen molar-refractivity contribution in [1.29, 1.82) is 0 Å². The van der Waals surface area contributed by atoms with Gasteiger partial charge in [0.1, 0.15) is 0 Å². The van der Waals surface area contributed by atoms with Crippen LogP contribution in [0.4, 0.5) is 5.13 Å². The lowest BCUT2D eigenvalue weighted by Gasteiger charge is -2.02. The number of nitrogens with zero attached hydrogens (tertiary/aromatic N) is 1. The van der Waals surface area contributed by atoms with Gasteiger partial charge in [-0.25, -0.2) is 4.98 Å². The molecule has 0 spiro atoms. The highest BCUT2D eigenvalue weighted by atomic mass is 35.5. The molecule has 2 aromatic rings. The van der Waals surface area contributed by atoms with E-state index in [0.717, 1.165) is 23.3 Å². The van der Waals surface area contributed by atoms with Crippen molar-refractivity contribution in [2.24, 2.45) is 5.92 Å². The maximum absolute atomic E-state index is 11.7. The molecule has 3 nitrogen and oxygen atoms in total. The van der Waals surface area contributed by atoms with Crippen LogP contribution in [0.2, 0.25) is 10.0 Å². The molecule has 0 bridgehead atoms. The van der Waals surface area contributed by atoms with Crippen LogP contribution < -0.4 is 5.32 Å². The Labute approximate surface area is 130 Å². The number of carbonyl (C=O) groups excluding carboxylic acids is 1. The molecule has 6 heteroatoms. The molecule has 1 aromatic carbocycles. The van der Waals surface area contributed by atoms with Gasteiger partial charge in [0.2, 0.25) is 5.91 Å². The molecule has 104 valence electrons. The molecule has 3 rings (SSSR count). The van der Waals surface area contributed by atoms with Gasteiger partial charge in [0.25, 0.3) is 0 Å². The van der Waals surface area contributed by atoms with Crippen LogP contribution in [-0.2, 0) is 11.2 Å². The molecule has 1 saturated carbocycles. The quantitative estimate of drug-likeness (QED) is 0.905. The molecule has 1 aliphatic rings. The second-order valence-corrected chi connectivity index (χ2v) is 6.77. The third-order valence-corrected chi connectivity index (χ3v) is 4.61. The fourth-order valence-corrected chi connectivity index (χ4v) is 3.17. The van der Waals surface area contributed by atoms with Crippen LogP contribution in [0.15, 0.2) is 24.4 Å². The second-order valence-electron chi connectivity index (χ2n) is 4.81. The molecule has 1 amide bonds. The van der Waals surface area contributed by atoms with Crippen molar-refractivity contribution >= 4 is 45.6 Å². The van der Waals surface area contributed by atoms with Crippen LogP contribution in [0.25, 0.3) is 0 Å². The fraction of sp³-hybridized carbons (Fsp3) is 0.286. The first-order valence-electron chi connectivity index (χ1n) is 6.31. The van der Waals surface area contributed by atoms with Crippen molar-refractivity contribution in [2.75, 3.05) is 5.32 Å². The molecule has 20 heavy (non-hydrogen) atoms. The molecule has 1 fully saturated rings. The number of thiazole rings is 1. The largest absolute Gasteiger partial charge is 0.302 e. The van der Waals surface area contributed by atoms with Gasteiger partial charge in [-0.3, -0.25) is 4.79 Å². The number of halogens is 2. The summed E-state index contributed by atoms with van der Waals surface area (Å²) >= 11 is 13.5. The smallest absolute Gasteiger partial charge is 0.229 e. The van der Waals surface area contributed by atoms with Crippen LogP contribution >= 0.6 is 34.5 Å². The van der Waals surface area contributed by atoms with Gasteiger partial charge in [0.05, 0.1) is 0 Å². The summed E-state index contributed by atoms with van der Waals surface area (Å²) in [5.41, 5.74) is 1.000. The molecule has 0 aliphatic heterocycles. The van der Waals surface area contributed by atoms with Crippen molar-refractivity contribution in [3.63, 3.8) is 0 Å². The fourth-order valence-electron chi connectivity index (χ4n) is 1.85. The third-order valence-electron chi connectivity index (χ3n) is 3.11. The Morgan fingerprint density at radius 1 is 1.40 bits per heavy atom. The number of hydrogen-bond donors (Lipinski definition) is 1. The Hall–Kier alpha value is -1.10. The molecule has 0 atom stereocenters. The number of hydrogen-bond acceptors (Lipinski definition) is 3. The molecule has 1 N–H and O–H groups in total. The van der Waals surface area contributed by atoms with Crippen LogP contribution in [0, 0.1) is 5.92 Å². The second kappa shape index (κ2) is 5.72. The Morgan fingerprint density at radius 2 is 2.20 bits per heavy atom. The molecule has 0 radical (unpaired) electrons. The van der Waals surface area contributed by atoms with E-state index in [1.54, 1.807) is 12.3 Å². The molecule has 1 aromatic heterocycles. The average Bonchev–Trinajstić information content (AvgIpc) is 3.16. The minimum Gasteiger partial charge on any atom is -0.302 e. The molecule has 0 unspecified atom stereocenters. The van der Waals surface area contributed by atoms with E-state index in [-0.39, 0.29) is 11.8 Å². The molecular weight excluding hydrogens is 315 g/mol. The Kier molecular flexibility index (Phi) is 3.96. The van der Waals surface area contributed by atoms with Crippen LogP contribution in [0.1, 0.15) is 23.3 Å². The van der Waals surface area contributed by atoms with Gasteiger partial charge in [-0.15, -0.1) is 11.3 Å². The van der Waals surface area contributed by atoms with Crippen molar-refractivity contribution in [3.05, 3.63) is 44.9 Å². The summed E-state index contributed by atoms with van der Waals surface area (Å²) < 4.78 is 0. The van der Waals surface area contributed by atoms with Crippen LogP contribution in [0.5, 0.6) is 0 Å². The van der Waals surface area contributed by atoms with Crippen LogP contribution in [-0.4, -0.2) is 10.9 Å². The van der Waals surface area contributed by atoms with Crippen molar-refractivity contribution in [3.8, 4) is 0 Å². The summed E-state index contributed by atoms with van der Waals surface area (Å²) in [6.07, 6.45) is 4.44. The molecule has 1 aliphatic carbocycles. The average molecular weight is 327 g/mol. The van der Waals surface area contributed by atoms with Crippen molar-refractivity contribution in [2.45, 2.75) is 19.3 Å². The lowest BCUT2D eigenvalue weighted by molar-refractivity contribution is -0.117. The van der Waals surface area contributed by atoms with E-state index in [1.807, 2.05) is 12.1 Å². The highest BCUT2D eigenvalue weighted by Gasteiger charge is 2.30. The number of anilines is 1. The Morgan fingerprint density at radius 3 is 2.90 bits per heavy atom. The van der Waals surface area contributed by atoms with E-state index in [2.05, 4.69) is 10.3 Å². The number of aromatic nitrogens is 1. The van der Waals surface area contributed by atoms with E-state index < -0.39 is 0 Å². The van der Waals surface area contributed by atoms with E-state index in [1.165, 1.54) is 11.3 Å². The Balaban J connectivity index is 1.68. The molecular formula is C14H12Cl2N2OS. The number of amides is 1. The van der Waals surface area contributed by atoms with Gasteiger partial charge in [0.15, 0.2) is 5.13 Å². The first-order valence-corrected chi connectivity index (χ1v) is 7.88. The van der Waals surface area contributed by atoms with E-state index in [9.17, 15) is 4.79 Å². The number of nitrogens with one attached hydrogen (secondary N) is 1. The summed E-state index contributed by atoms with van der Waals surface area (Å²) in [5, 5.41) is 4.78. The minimum absolute atomic E-state index is 0.0791. The zero-order valence-corrected chi connectivity index (χ0v) is 12.9. The van der Waals surface area contributed by atoms with Gasteiger partial charge in [-0.05, 0) is 30.5 Å². The molecule has 0 saturated heterocycles. The summed E-state index contributed by atoms with van der Waals surface area (Å²) in [4.78, 5) is 16.9. The maximum atomic E-state index is 11.7. The van der Waals surface area contributed by atoms with Gasteiger partial charge < -0.3 is 5.32 Å². The number of rotatable bonds is 4. The van der Waals surface area contributed by atoms with Gasteiger partial charge >= 0.3 is 0 Å². The maximum Gasteiger partial charge on any atom is 0.229 e. The SMILES string of the molecule is O=C(Nc1ncc(Cc2ccc(Cl)cc2Cl)s1)C1CC1. The highest BCUT2D eigenvalue weighted by molar-refractivity contribution is 7.15. The summed E-state index contributed by atoms with van der Waals surface area (Å²) in [6, 6.07) is 5.46. The minimum atomic E-state index is 0.0791. The number of carbonyl (C=O) groups is 1. The predicted molar refractivity (Wildman–Crippen MR) is 82.7 cm³/mol. The van der Waals surface area contributed by atoms with Crippen LogP contribution in [0.3, 0.4) is 0 Å². The van der Waals surface area contributed by atoms with E-state index >= 15 is 0 Å². The topological polar surface area (TPSA) is 42.0 Å². The third kappa shape index (κ3) is 3.32. The lowest BCUT2D eigenvalue weighted by atomic mass is 10.1. The van der Waals surface area contributed by atoms with Gasteiger partial charge in [0, 0.05) is 33.5 Å². The van der Waals surface area contributed by atoms with E-state index in [0.29, 0.717) is 21.6 Å². The monoisotopic (exact) mass is 326 g/mol. The first kappa shape index (κ1) is 13.9. The van der Waals surface area contributed by atoms with Gasteiger partial charge in [-0.1, -0.05) is 29.3 Å². The lowest BCUT2D eigenvalue weighted by Crippen LogP contribution is -2.12. The zero-order valence-electron chi connectivity index (χ0n) is 10.5. The standard InChI is InChI=1S/C14H12Cl2N2OS/c15-10-4-3-9(12(16)6-10)5-11-7-17-14(20-11)18-13(19)8-1-2-8/h3-4,6-8H,1-2,5H2,(H,17,18,19). The number of benzene rings is 1. The summed E-state index contributed by atoms with van der Waals surface area (Å²) in [5.74, 6) is 0.267. The van der Waals surface area contributed by atoms with E-state index in [4.69, 9.17) is 23.2 Å². The molecule has 1 heterocycles. The summed E-state index contributed by atoms with van der Waals surface area (Å²) in [7, 11) is 0. The van der Waals surface area contributed by atoms with Crippen molar-refractivity contribution in [1.82, 2.24) is 4.98 Å². The van der Waals surface area contributed by atoms with Crippen molar-refractivity contribution < 1.29 is 4.79 Å². The zero-order chi connectivity index (χ0) is 14.1. The first-order chi connectivity index (χ1) is 9.61. The predicted octanol–water partition coefficient (Wildman–Crippen LogP) is 4.39. The normalized spacial score (nSPS) is 14.3. The Bertz CT molecular complexity index is 652. The summed E-state index contributed by atoms with van der Waals surface area (Å²) in [6.45, 7) is 0.